The minimum Gasteiger partial charge on any atom is -0.489 e. The standard InChI is InChI=1S/C15H15BrClNO2S/c16-14-3-2-11(21-14)9-18-8-10-6-12(17)15-13(7-10)19-4-1-5-20-15/h2-3,6-7,18H,1,4-5,8-9H2. The number of hydrogen-bond donors (Lipinski definition) is 1. The molecule has 1 aromatic heterocycles. The molecule has 0 bridgehead atoms. The van der Waals surface area contributed by atoms with Gasteiger partial charge in [0, 0.05) is 24.4 Å². The molecule has 1 aliphatic heterocycles. The summed E-state index contributed by atoms with van der Waals surface area (Å²) in [5.74, 6) is 1.41. The normalized spacial score (nSPS) is 14.0. The second-order valence-corrected chi connectivity index (χ2v) is 7.72. The van der Waals surface area contributed by atoms with Crippen LogP contribution in [0.15, 0.2) is 28.1 Å². The molecule has 6 heteroatoms. The first-order chi connectivity index (χ1) is 10.2. The molecule has 2 heterocycles. The second-order valence-electron chi connectivity index (χ2n) is 4.76. The summed E-state index contributed by atoms with van der Waals surface area (Å²) < 4.78 is 12.5. The van der Waals surface area contributed by atoms with Gasteiger partial charge in [-0.25, -0.2) is 0 Å². The Morgan fingerprint density at radius 2 is 2.05 bits per heavy atom. The minimum atomic E-state index is 0.616. The third-order valence-electron chi connectivity index (χ3n) is 3.12. The van der Waals surface area contributed by atoms with E-state index < -0.39 is 0 Å². The van der Waals surface area contributed by atoms with E-state index in [2.05, 4.69) is 33.4 Å². The predicted octanol–water partition coefficient (Wildman–Crippen LogP) is 4.62. The third-order valence-corrected chi connectivity index (χ3v) is 5.02. The van der Waals surface area contributed by atoms with Gasteiger partial charge < -0.3 is 14.8 Å². The van der Waals surface area contributed by atoms with Crippen molar-refractivity contribution < 1.29 is 9.47 Å². The first-order valence-corrected chi connectivity index (χ1v) is 8.74. The number of rotatable bonds is 4. The predicted molar refractivity (Wildman–Crippen MR) is 89.6 cm³/mol. The van der Waals surface area contributed by atoms with Crippen molar-refractivity contribution in [2.24, 2.45) is 0 Å². The highest BCUT2D eigenvalue weighted by molar-refractivity contribution is 9.11. The Hall–Kier alpha value is -0.750. The molecule has 0 saturated carbocycles. The molecule has 1 aromatic carbocycles. The van der Waals surface area contributed by atoms with E-state index in [0.29, 0.717) is 24.0 Å². The molecule has 0 unspecified atom stereocenters. The van der Waals surface area contributed by atoms with Crippen LogP contribution in [0.4, 0.5) is 0 Å². The van der Waals surface area contributed by atoms with Crippen LogP contribution in [0.2, 0.25) is 5.02 Å². The fourth-order valence-electron chi connectivity index (χ4n) is 2.16. The lowest BCUT2D eigenvalue weighted by molar-refractivity contribution is 0.297. The minimum absolute atomic E-state index is 0.616. The molecule has 2 aromatic rings. The molecule has 0 spiro atoms. The topological polar surface area (TPSA) is 30.5 Å². The smallest absolute Gasteiger partial charge is 0.179 e. The van der Waals surface area contributed by atoms with Crippen LogP contribution in [0.25, 0.3) is 0 Å². The van der Waals surface area contributed by atoms with Crippen molar-refractivity contribution in [3.63, 3.8) is 0 Å². The molecule has 0 aliphatic carbocycles. The van der Waals surface area contributed by atoms with Crippen LogP contribution in [0.5, 0.6) is 11.5 Å². The number of benzene rings is 1. The Morgan fingerprint density at radius 3 is 2.86 bits per heavy atom. The number of thiophene rings is 1. The van der Waals surface area contributed by atoms with Crippen LogP contribution in [0.3, 0.4) is 0 Å². The van der Waals surface area contributed by atoms with E-state index in [1.165, 1.54) is 4.88 Å². The highest BCUT2D eigenvalue weighted by Gasteiger charge is 2.15. The van der Waals surface area contributed by atoms with E-state index in [0.717, 1.165) is 34.6 Å². The van der Waals surface area contributed by atoms with Crippen molar-refractivity contribution in [2.75, 3.05) is 13.2 Å². The van der Waals surface area contributed by atoms with E-state index in [1.807, 2.05) is 12.1 Å². The van der Waals surface area contributed by atoms with Gasteiger partial charge in [0.2, 0.25) is 0 Å². The largest absolute Gasteiger partial charge is 0.489 e. The zero-order valence-electron chi connectivity index (χ0n) is 11.3. The first-order valence-electron chi connectivity index (χ1n) is 6.75. The Bertz CT molecular complexity index is 632. The summed E-state index contributed by atoms with van der Waals surface area (Å²) >= 11 is 11.5. The highest BCUT2D eigenvalue weighted by atomic mass is 79.9. The number of ether oxygens (including phenoxy) is 2. The Morgan fingerprint density at radius 1 is 1.19 bits per heavy atom. The van der Waals surface area contributed by atoms with E-state index >= 15 is 0 Å². The van der Waals surface area contributed by atoms with Gasteiger partial charge in [-0.15, -0.1) is 11.3 Å². The van der Waals surface area contributed by atoms with Gasteiger partial charge in [-0.3, -0.25) is 0 Å². The molecule has 112 valence electrons. The molecule has 0 atom stereocenters. The summed E-state index contributed by atoms with van der Waals surface area (Å²) in [6, 6.07) is 8.12. The van der Waals surface area contributed by atoms with Crippen molar-refractivity contribution in [2.45, 2.75) is 19.5 Å². The van der Waals surface area contributed by atoms with E-state index in [4.69, 9.17) is 21.1 Å². The van der Waals surface area contributed by atoms with Crippen molar-refractivity contribution >= 4 is 38.9 Å². The van der Waals surface area contributed by atoms with Crippen molar-refractivity contribution in [3.8, 4) is 11.5 Å². The summed E-state index contributed by atoms with van der Waals surface area (Å²) in [5.41, 5.74) is 1.10. The zero-order chi connectivity index (χ0) is 14.7. The molecular formula is C15H15BrClNO2S. The Balaban J connectivity index is 1.65. The summed E-state index contributed by atoms with van der Waals surface area (Å²) in [4.78, 5) is 1.29. The number of nitrogens with one attached hydrogen (secondary N) is 1. The molecule has 3 nitrogen and oxygen atoms in total. The van der Waals surface area contributed by atoms with Crippen molar-refractivity contribution in [3.05, 3.63) is 43.5 Å². The Kier molecular flexibility index (Phi) is 5.06. The molecule has 3 rings (SSSR count). The quantitative estimate of drug-likeness (QED) is 0.829. The molecule has 21 heavy (non-hydrogen) atoms. The van der Waals surface area contributed by atoms with Gasteiger partial charge in [0.05, 0.1) is 22.0 Å². The lowest BCUT2D eigenvalue weighted by atomic mass is 10.2. The molecule has 0 amide bonds. The average molecular weight is 389 g/mol. The monoisotopic (exact) mass is 387 g/mol. The summed E-state index contributed by atoms with van der Waals surface area (Å²) in [7, 11) is 0. The number of fused-ring (bicyclic) bond motifs is 1. The summed E-state index contributed by atoms with van der Waals surface area (Å²) in [6.45, 7) is 2.90. The summed E-state index contributed by atoms with van der Waals surface area (Å²) in [5, 5.41) is 4.03. The van der Waals surface area contributed by atoms with Gasteiger partial charge in [0.25, 0.3) is 0 Å². The van der Waals surface area contributed by atoms with E-state index in [-0.39, 0.29) is 0 Å². The van der Waals surface area contributed by atoms with Crippen LogP contribution in [0, 0.1) is 0 Å². The fourth-order valence-corrected chi connectivity index (χ4v) is 3.90. The SMILES string of the molecule is Clc1cc(CNCc2ccc(Br)s2)cc2c1OCCCO2. The maximum atomic E-state index is 6.28. The van der Waals surface area contributed by atoms with Crippen molar-refractivity contribution in [1.29, 1.82) is 0 Å². The lowest BCUT2D eigenvalue weighted by Crippen LogP contribution is -2.12. The van der Waals surface area contributed by atoms with Gasteiger partial charge in [0.1, 0.15) is 0 Å². The van der Waals surface area contributed by atoms with Gasteiger partial charge >= 0.3 is 0 Å². The number of halogens is 2. The third kappa shape index (κ3) is 3.92. The van der Waals surface area contributed by atoms with E-state index in [9.17, 15) is 0 Å². The second kappa shape index (κ2) is 7.01. The van der Waals surface area contributed by atoms with Crippen molar-refractivity contribution in [1.82, 2.24) is 5.32 Å². The maximum absolute atomic E-state index is 6.28. The van der Waals surface area contributed by atoms with Crippen LogP contribution in [-0.2, 0) is 13.1 Å². The maximum Gasteiger partial charge on any atom is 0.179 e. The molecular weight excluding hydrogens is 374 g/mol. The molecule has 1 aliphatic rings. The zero-order valence-corrected chi connectivity index (χ0v) is 14.5. The highest BCUT2D eigenvalue weighted by Crippen LogP contribution is 2.38. The molecule has 0 fully saturated rings. The van der Waals surface area contributed by atoms with Crippen LogP contribution in [0.1, 0.15) is 16.9 Å². The fraction of sp³-hybridized carbons (Fsp3) is 0.333. The van der Waals surface area contributed by atoms with Crippen LogP contribution >= 0.6 is 38.9 Å². The first kappa shape index (κ1) is 15.2. The van der Waals surface area contributed by atoms with Gasteiger partial charge in [-0.2, -0.15) is 0 Å². The van der Waals surface area contributed by atoms with Crippen LogP contribution in [-0.4, -0.2) is 13.2 Å². The van der Waals surface area contributed by atoms with E-state index in [1.54, 1.807) is 11.3 Å². The molecule has 0 saturated heterocycles. The van der Waals surface area contributed by atoms with Crippen LogP contribution < -0.4 is 14.8 Å². The number of hydrogen-bond acceptors (Lipinski definition) is 4. The average Bonchev–Trinajstić information content (AvgIpc) is 2.73. The molecule has 1 N–H and O–H groups in total. The van der Waals surface area contributed by atoms with Gasteiger partial charge in [-0.1, -0.05) is 11.6 Å². The molecule has 0 radical (unpaired) electrons. The summed E-state index contributed by atoms with van der Waals surface area (Å²) in [6.07, 6.45) is 0.881. The van der Waals surface area contributed by atoms with Gasteiger partial charge in [0.15, 0.2) is 11.5 Å². The lowest BCUT2D eigenvalue weighted by Gasteiger charge is -2.12. The van der Waals surface area contributed by atoms with Gasteiger partial charge in [-0.05, 0) is 45.8 Å². The Labute approximate surface area is 141 Å².